The van der Waals surface area contributed by atoms with Crippen molar-refractivity contribution in [3.05, 3.63) is 23.8 Å². The van der Waals surface area contributed by atoms with Gasteiger partial charge in [-0.2, -0.15) is 0 Å². The zero-order valence-corrected chi connectivity index (χ0v) is 13.1. The highest BCUT2D eigenvalue weighted by molar-refractivity contribution is 5.98. The molecule has 1 amide bonds. The number of methoxy groups -OCH3 is 1. The molecule has 0 heterocycles. The van der Waals surface area contributed by atoms with Crippen LogP contribution in [0, 0.1) is 5.41 Å². The van der Waals surface area contributed by atoms with Crippen LogP contribution in [0.1, 0.15) is 37.6 Å². The number of hydrogen-bond acceptors (Lipinski definition) is 4. The average Bonchev–Trinajstić information content (AvgIpc) is 2.46. The first kappa shape index (κ1) is 15.6. The molecule has 2 rings (SSSR count). The smallest absolute Gasteiger partial charge is 0.255 e. The summed E-state index contributed by atoms with van der Waals surface area (Å²) in [6.07, 6.45) is 1.02. The number of nitrogens with one attached hydrogen (secondary N) is 1. The average molecular weight is 292 g/mol. The molecule has 1 aliphatic carbocycles. The third-order valence-corrected chi connectivity index (χ3v) is 4.32. The molecule has 1 saturated carbocycles. The number of nitrogens with two attached hydrogens (primary N) is 1. The lowest BCUT2D eigenvalue weighted by molar-refractivity contribution is -0.111. The van der Waals surface area contributed by atoms with E-state index in [-0.39, 0.29) is 23.5 Å². The van der Waals surface area contributed by atoms with E-state index in [2.05, 4.69) is 19.2 Å². The van der Waals surface area contributed by atoms with Crippen LogP contribution in [0.25, 0.3) is 0 Å². The van der Waals surface area contributed by atoms with Crippen LogP contribution in [0.15, 0.2) is 18.2 Å². The third kappa shape index (κ3) is 2.97. The quantitative estimate of drug-likeness (QED) is 0.816. The molecule has 0 bridgehead atoms. The Bertz CT molecular complexity index is 528. The largest absolute Gasteiger partial charge is 0.496 e. The van der Waals surface area contributed by atoms with Crippen molar-refractivity contribution < 1.29 is 14.3 Å². The Morgan fingerprint density at radius 2 is 2.19 bits per heavy atom. The van der Waals surface area contributed by atoms with E-state index in [4.69, 9.17) is 15.2 Å². The van der Waals surface area contributed by atoms with Crippen LogP contribution in [-0.4, -0.2) is 31.8 Å². The first-order valence-corrected chi connectivity index (χ1v) is 7.26. The Hall–Kier alpha value is -1.75. The fourth-order valence-corrected chi connectivity index (χ4v) is 2.75. The monoisotopic (exact) mass is 292 g/mol. The zero-order valence-electron chi connectivity index (χ0n) is 13.1. The lowest BCUT2D eigenvalue weighted by atomic mass is 9.64. The molecule has 0 spiro atoms. The highest BCUT2D eigenvalue weighted by Gasteiger charge is 2.49. The van der Waals surface area contributed by atoms with Crippen LogP contribution >= 0.6 is 0 Å². The number of rotatable bonds is 5. The Morgan fingerprint density at radius 1 is 1.48 bits per heavy atom. The van der Waals surface area contributed by atoms with Crippen molar-refractivity contribution in [2.75, 3.05) is 19.5 Å². The summed E-state index contributed by atoms with van der Waals surface area (Å²) >= 11 is 0. The standard InChI is InChI=1S/C16H24N2O3/c1-5-21-14-9-13(16(14,2)3)18-15(19)11-8-10(17)6-7-12(11)20-4/h6-8,13-14H,5,9,17H2,1-4H3,(H,18,19). The van der Waals surface area contributed by atoms with Crippen LogP contribution in [0.2, 0.25) is 0 Å². The molecular weight excluding hydrogens is 268 g/mol. The second kappa shape index (κ2) is 5.93. The fourth-order valence-electron chi connectivity index (χ4n) is 2.75. The normalized spacial score (nSPS) is 23.2. The van der Waals surface area contributed by atoms with Crippen molar-refractivity contribution in [2.24, 2.45) is 5.41 Å². The maximum atomic E-state index is 12.4. The predicted molar refractivity (Wildman–Crippen MR) is 82.5 cm³/mol. The van der Waals surface area contributed by atoms with Gasteiger partial charge in [-0.3, -0.25) is 4.79 Å². The molecule has 2 unspecified atom stereocenters. The highest BCUT2D eigenvalue weighted by atomic mass is 16.5. The van der Waals surface area contributed by atoms with Crippen molar-refractivity contribution in [3.8, 4) is 5.75 Å². The van der Waals surface area contributed by atoms with E-state index in [1.165, 1.54) is 0 Å². The van der Waals surface area contributed by atoms with Crippen LogP contribution in [-0.2, 0) is 4.74 Å². The van der Waals surface area contributed by atoms with Crippen molar-refractivity contribution in [1.82, 2.24) is 5.32 Å². The van der Waals surface area contributed by atoms with Gasteiger partial charge in [0.1, 0.15) is 5.75 Å². The number of anilines is 1. The van der Waals surface area contributed by atoms with Gasteiger partial charge in [-0.25, -0.2) is 0 Å². The first-order chi connectivity index (χ1) is 9.90. The topological polar surface area (TPSA) is 73.6 Å². The van der Waals surface area contributed by atoms with Gasteiger partial charge in [0.25, 0.3) is 5.91 Å². The molecule has 0 aromatic heterocycles. The van der Waals surface area contributed by atoms with Gasteiger partial charge in [-0.1, -0.05) is 13.8 Å². The van der Waals surface area contributed by atoms with E-state index in [0.717, 1.165) is 6.42 Å². The Kier molecular flexibility index (Phi) is 4.42. The van der Waals surface area contributed by atoms with Gasteiger partial charge in [0, 0.05) is 23.8 Å². The molecule has 1 fully saturated rings. The number of carbonyl (C=O) groups is 1. The summed E-state index contributed by atoms with van der Waals surface area (Å²) in [5.41, 5.74) is 6.69. The molecule has 3 N–H and O–H groups in total. The molecule has 0 aliphatic heterocycles. The molecule has 0 radical (unpaired) electrons. The number of amides is 1. The predicted octanol–water partition coefficient (Wildman–Crippen LogP) is 2.21. The molecule has 1 aromatic carbocycles. The summed E-state index contributed by atoms with van der Waals surface area (Å²) in [7, 11) is 1.54. The summed E-state index contributed by atoms with van der Waals surface area (Å²) in [6.45, 7) is 6.90. The minimum absolute atomic E-state index is 0.0702. The molecule has 0 saturated heterocycles. The Morgan fingerprint density at radius 3 is 2.76 bits per heavy atom. The summed E-state index contributed by atoms with van der Waals surface area (Å²) in [4.78, 5) is 12.4. The number of benzene rings is 1. The van der Waals surface area contributed by atoms with Gasteiger partial charge < -0.3 is 20.5 Å². The first-order valence-electron chi connectivity index (χ1n) is 7.26. The van der Waals surface area contributed by atoms with Crippen LogP contribution in [0.3, 0.4) is 0 Å². The SMILES string of the molecule is CCOC1CC(NC(=O)c2cc(N)ccc2OC)C1(C)C. The zero-order chi connectivity index (χ0) is 15.6. The van der Waals surface area contributed by atoms with Crippen molar-refractivity contribution >= 4 is 11.6 Å². The van der Waals surface area contributed by atoms with E-state index in [1.807, 2.05) is 6.92 Å². The van der Waals surface area contributed by atoms with Gasteiger partial charge in [-0.15, -0.1) is 0 Å². The van der Waals surface area contributed by atoms with Gasteiger partial charge in [0.15, 0.2) is 0 Å². The van der Waals surface area contributed by atoms with Crippen LogP contribution < -0.4 is 15.8 Å². The van der Waals surface area contributed by atoms with E-state index in [0.29, 0.717) is 23.6 Å². The van der Waals surface area contributed by atoms with Gasteiger partial charge in [-0.05, 0) is 31.5 Å². The lowest BCUT2D eigenvalue weighted by Crippen LogP contribution is -2.62. The highest BCUT2D eigenvalue weighted by Crippen LogP contribution is 2.43. The molecule has 1 aromatic rings. The van der Waals surface area contributed by atoms with Gasteiger partial charge >= 0.3 is 0 Å². The number of carbonyl (C=O) groups excluding carboxylic acids is 1. The molecule has 5 nitrogen and oxygen atoms in total. The number of nitrogen functional groups attached to an aromatic ring is 1. The second-order valence-corrected chi connectivity index (χ2v) is 5.99. The molecule has 1 aliphatic rings. The van der Waals surface area contributed by atoms with Crippen molar-refractivity contribution in [1.29, 1.82) is 0 Å². The molecule has 116 valence electrons. The summed E-state index contributed by atoms with van der Waals surface area (Å²) in [5, 5.41) is 3.06. The van der Waals surface area contributed by atoms with Gasteiger partial charge in [0.05, 0.1) is 18.8 Å². The van der Waals surface area contributed by atoms with Gasteiger partial charge in [0.2, 0.25) is 0 Å². The second-order valence-electron chi connectivity index (χ2n) is 5.99. The number of hydrogen-bond donors (Lipinski definition) is 2. The lowest BCUT2D eigenvalue weighted by Gasteiger charge is -2.51. The van der Waals surface area contributed by atoms with Crippen LogP contribution in [0.4, 0.5) is 5.69 Å². The number of ether oxygens (including phenoxy) is 2. The third-order valence-electron chi connectivity index (χ3n) is 4.32. The van der Waals surface area contributed by atoms with E-state index >= 15 is 0 Å². The molecule has 2 atom stereocenters. The summed E-state index contributed by atoms with van der Waals surface area (Å²) in [6, 6.07) is 5.15. The Balaban J connectivity index is 2.08. The minimum atomic E-state index is -0.160. The van der Waals surface area contributed by atoms with Crippen molar-refractivity contribution in [2.45, 2.75) is 39.3 Å². The molecular formula is C16H24N2O3. The van der Waals surface area contributed by atoms with E-state index < -0.39 is 0 Å². The minimum Gasteiger partial charge on any atom is -0.496 e. The van der Waals surface area contributed by atoms with E-state index in [1.54, 1.807) is 25.3 Å². The van der Waals surface area contributed by atoms with Crippen molar-refractivity contribution in [3.63, 3.8) is 0 Å². The Labute approximate surface area is 125 Å². The summed E-state index contributed by atoms with van der Waals surface area (Å²) < 4.78 is 10.9. The molecule has 21 heavy (non-hydrogen) atoms. The maximum Gasteiger partial charge on any atom is 0.255 e. The fraction of sp³-hybridized carbons (Fsp3) is 0.562. The summed E-state index contributed by atoms with van der Waals surface area (Å²) in [5.74, 6) is 0.368. The molecule has 5 heteroatoms. The van der Waals surface area contributed by atoms with E-state index in [9.17, 15) is 4.79 Å². The maximum absolute atomic E-state index is 12.4. The van der Waals surface area contributed by atoms with Crippen LogP contribution in [0.5, 0.6) is 5.75 Å².